The van der Waals surface area contributed by atoms with Crippen molar-refractivity contribution < 1.29 is 23.8 Å². The number of carbonyl (C=O) groups is 2. The molecule has 3 rings (SSSR count). The first kappa shape index (κ1) is 21.9. The van der Waals surface area contributed by atoms with Gasteiger partial charge < -0.3 is 24.5 Å². The summed E-state index contributed by atoms with van der Waals surface area (Å²) in [5, 5.41) is 2.92. The van der Waals surface area contributed by atoms with Crippen LogP contribution in [0, 0.1) is 6.92 Å². The predicted molar refractivity (Wildman–Crippen MR) is 114 cm³/mol. The smallest absolute Gasteiger partial charge is 0.268 e. The highest BCUT2D eigenvalue weighted by atomic mass is 16.5. The first-order chi connectivity index (χ1) is 14.4. The predicted octanol–water partition coefficient (Wildman–Crippen LogP) is 3.58. The standard InChI is InChI=1S/C23H30N2O5/c1-5-18-21(15(3)26)14(2)25-22(18)23(27)24-12-16-8-9-19(20(11-16)28-4)30-13-17-7-6-10-29-17/h8-9,11,17,25H,5-7,10,12-13H2,1-4H3,(H,24,27). The first-order valence-electron chi connectivity index (χ1n) is 10.4. The Balaban J connectivity index is 1.66. The summed E-state index contributed by atoms with van der Waals surface area (Å²) in [5.41, 5.74) is 3.42. The van der Waals surface area contributed by atoms with Crippen molar-refractivity contribution >= 4 is 11.7 Å². The van der Waals surface area contributed by atoms with E-state index < -0.39 is 0 Å². The molecule has 0 spiro atoms. The Hall–Kier alpha value is -2.80. The molecule has 1 aliphatic rings. The molecule has 0 bridgehead atoms. The fourth-order valence-corrected chi connectivity index (χ4v) is 3.87. The minimum Gasteiger partial charge on any atom is -0.493 e. The van der Waals surface area contributed by atoms with Crippen LogP contribution >= 0.6 is 0 Å². The molecule has 1 aromatic carbocycles. The number of hydrogen-bond donors (Lipinski definition) is 2. The van der Waals surface area contributed by atoms with Gasteiger partial charge in [0.1, 0.15) is 12.3 Å². The molecule has 1 unspecified atom stereocenters. The summed E-state index contributed by atoms with van der Waals surface area (Å²) in [6, 6.07) is 5.60. The topological polar surface area (TPSA) is 89.7 Å². The van der Waals surface area contributed by atoms with Crippen LogP contribution in [0.3, 0.4) is 0 Å². The van der Waals surface area contributed by atoms with Crippen molar-refractivity contribution in [3.63, 3.8) is 0 Å². The zero-order chi connectivity index (χ0) is 21.7. The third-order valence-electron chi connectivity index (χ3n) is 5.35. The maximum atomic E-state index is 12.7. The molecule has 30 heavy (non-hydrogen) atoms. The summed E-state index contributed by atoms with van der Waals surface area (Å²) in [6.07, 6.45) is 2.81. The van der Waals surface area contributed by atoms with E-state index in [1.54, 1.807) is 7.11 Å². The van der Waals surface area contributed by atoms with Crippen LogP contribution in [0.5, 0.6) is 11.5 Å². The van der Waals surface area contributed by atoms with Crippen LogP contribution < -0.4 is 14.8 Å². The van der Waals surface area contributed by atoms with Gasteiger partial charge in [0, 0.05) is 24.4 Å². The number of benzene rings is 1. The largest absolute Gasteiger partial charge is 0.493 e. The summed E-state index contributed by atoms with van der Waals surface area (Å²) in [4.78, 5) is 27.7. The molecular weight excluding hydrogens is 384 g/mol. The van der Waals surface area contributed by atoms with E-state index in [1.165, 1.54) is 6.92 Å². The highest BCUT2D eigenvalue weighted by molar-refractivity contribution is 6.02. The summed E-state index contributed by atoms with van der Waals surface area (Å²) in [7, 11) is 1.59. The van der Waals surface area contributed by atoms with Crippen molar-refractivity contribution in [3.05, 3.63) is 46.3 Å². The Labute approximate surface area is 177 Å². The average molecular weight is 415 g/mol. The molecule has 2 N–H and O–H groups in total. The van der Waals surface area contributed by atoms with Gasteiger partial charge in [-0.2, -0.15) is 0 Å². The van der Waals surface area contributed by atoms with E-state index in [4.69, 9.17) is 14.2 Å². The average Bonchev–Trinajstić information content (AvgIpc) is 3.37. The molecule has 162 valence electrons. The highest BCUT2D eigenvalue weighted by Crippen LogP contribution is 2.29. The van der Waals surface area contributed by atoms with Crippen LogP contribution in [0.2, 0.25) is 0 Å². The molecule has 1 aromatic heterocycles. The van der Waals surface area contributed by atoms with Gasteiger partial charge in [-0.15, -0.1) is 0 Å². The maximum Gasteiger partial charge on any atom is 0.268 e. The molecule has 1 atom stereocenters. The van der Waals surface area contributed by atoms with E-state index in [9.17, 15) is 9.59 Å². The zero-order valence-electron chi connectivity index (χ0n) is 18.1. The Kier molecular flexibility index (Phi) is 7.15. The zero-order valence-corrected chi connectivity index (χ0v) is 18.1. The van der Waals surface area contributed by atoms with Crippen LogP contribution in [0.4, 0.5) is 0 Å². The number of aryl methyl sites for hydroxylation is 1. The molecule has 0 radical (unpaired) electrons. The number of amides is 1. The Morgan fingerprint density at radius 3 is 2.73 bits per heavy atom. The summed E-state index contributed by atoms with van der Waals surface area (Å²) in [6.45, 7) is 6.89. The number of hydrogen-bond acceptors (Lipinski definition) is 5. The quantitative estimate of drug-likeness (QED) is 0.612. The molecule has 1 amide bonds. The van der Waals surface area contributed by atoms with Crippen molar-refractivity contribution in [3.8, 4) is 11.5 Å². The lowest BCUT2D eigenvalue weighted by atomic mass is 10.0. The lowest BCUT2D eigenvalue weighted by Gasteiger charge is -2.15. The molecule has 0 saturated carbocycles. The second-order valence-corrected chi connectivity index (χ2v) is 7.50. The Morgan fingerprint density at radius 1 is 1.30 bits per heavy atom. The first-order valence-corrected chi connectivity index (χ1v) is 10.4. The Morgan fingerprint density at radius 2 is 2.10 bits per heavy atom. The molecule has 2 aromatic rings. The second-order valence-electron chi connectivity index (χ2n) is 7.50. The molecular formula is C23H30N2O5. The van der Waals surface area contributed by atoms with Gasteiger partial charge in [0.25, 0.3) is 5.91 Å². The number of aromatic nitrogens is 1. The van der Waals surface area contributed by atoms with Gasteiger partial charge in [0.15, 0.2) is 17.3 Å². The van der Waals surface area contributed by atoms with Crippen LogP contribution in [-0.2, 0) is 17.7 Å². The molecule has 1 aliphatic heterocycles. The van der Waals surface area contributed by atoms with Gasteiger partial charge in [0.2, 0.25) is 0 Å². The normalized spacial score (nSPS) is 15.8. The van der Waals surface area contributed by atoms with Gasteiger partial charge >= 0.3 is 0 Å². The third kappa shape index (κ3) is 4.84. The van der Waals surface area contributed by atoms with Crippen molar-refractivity contribution in [2.24, 2.45) is 0 Å². The van der Waals surface area contributed by atoms with Gasteiger partial charge in [-0.25, -0.2) is 0 Å². The van der Waals surface area contributed by atoms with Crippen molar-refractivity contribution in [2.45, 2.75) is 52.7 Å². The molecule has 2 heterocycles. The second kappa shape index (κ2) is 9.80. The number of ketones is 1. The summed E-state index contributed by atoms with van der Waals surface area (Å²) < 4.78 is 16.9. The maximum absolute atomic E-state index is 12.7. The van der Waals surface area contributed by atoms with E-state index in [-0.39, 0.29) is 17.8 Å². The van der Waals surface area contributed by atoms with Gasteiger partial charge in [0.05, 0.1) is 13.2 Å². The monoisotopic (exact) mass is 414 g/mol. The fraction of sp³-hybridized carbons (Fsp3) is 0.478. The molecule has 7 nitrogen and oxygen atoms in total. The Bertz CT molecular complexity index is 913. The molecule has 7 heteroatoms. The van der Waals surface area contributed by atoms with Gasteiger partial charge in [-0.3, -0.25) is 9.59 Å². The third-order valence-corrected chi connectivity index (χ3v) is 5.35. The van der Waals surface area contributed by atoms with Crippen LogP contribution in [0.25, 0.3) is 0 Å². The van der Waals surface area contributed by atoms with Gasteiger partial charge in [-0.05, 0) is 56.4 Å². The molecule has 1 fully saturated rings. The van der Waals surface area contributed by atoms with E-state index in [1.807, 2.05) is 32.0 Å². The number of carbonyl (C=O) groups excluding carboxylic acids is 2. The number of Topliss-reactive ketones (excluding diaryl/α,β-unsaturated/α-hetero) is 1. The van der Waals surface area contributed by atoms with E-state index in [2.05, 4.69) is 10.3 Å². The highest BCUT2D eigenvalue weighted by Gasteiger charge is 2.21. The fourth-order valence-electron chi connectivity index (χ4n) is 3.87. The van der Waals surface area contributed by atoms with E-state index >= 15 is 0 Å². The summed E-state index contributed by atoms with van der Waals surface area (Å²) in [5.74, 6) is 0.995. The van der Waals surface area contributed by atoms with E-state index in [0.717, 1.165) is 36.3 Å². The van der Waals surface area contributed by atoms with Crippen LogP contribution in [-0.4, -0.2) is 43.1 Å². The minimum atomic E-state index is -0.236. The molecule has 1 saturated heterocycles. The lowest BCUT2D eigenvalue weighted by molar-refractivity contribution is 0.0669. The number of rotatable bonds is 9. The summed E-state index contributed by atoms with van der Waals surface area (Å²) >= 11 is 0. The van der Waals surface area contributed by atoms with Crippen molar-refractivity contribution in [2.75, 3.05) is 20.3 Å². The number of H-pyrrole nitrogens is 1. The SMILES string of the molecule is CCc1c(C(=O)NCc2ccc(OCC3CCCO3)c(OC)c2)[nH]c(C)c1C(C)=O. The minimum absolute atomic E-state index is 0.0389. The van der Waals surface area contributed by atoms with Crippen molar-refractivity contribution in [1.82, 2.24) is 10.3 Å². The number of aromatic amines is 1. The number of ether oxygens (including phenoxy) is 3. The van der Waals surface area contributed by atoms with Crippen LogP contribution in [0.15, 0.2) is 18.2 Å². The molecule has 0 aliphatic carbocycles. The lowest BCUT2D eigenvalue weighted by Crippen LogP contribution is -2.24. The number of nitrogens with one attached hydrogen (secondary N) is 2. The van der Waals surface area contributed by atoms with Crippen molar-refractivity contribution in [1.29, 1.82) is 0 Å². The van der Waals surface area contributed by atoms with E-state index in [0.29, 0.717) is 42.3 Å². The van der Waals surface area contributed by atoms with Crippen LogP contribution in [0.1, 0.15) is 64.4 Å². The van der Waals surface area contributed by atoms with Gasteiger partial charge in [-0.1, -0.05) is 13.0 Å². The number of methoxy groups -OCH3 is 1.